The van der Waals surface area contributed by atoms with E-state index in [0.29, 0.717) is 6.04 Å². The molecule has 2 atom stereocenters. The Hall–Kier alpha value is -0.540. The van der Waals surface area contributed by atoms with Gasteiger partial charge in [0, 0.05) is 18.4 Å². The van der Waals surface area contributed by atoms with E-state index < -0.39 is 0 Å². The summed E-state index contributed by atoms with van der Waals surface area (Å²) in [6.07, 6.45) is 5.14. The summed E-state index contributed by atoms with van der Waals surface area (Å²) in [5, 5.41) is 3.59. The van der Waals surface area contributed by atoms with Crippen LogP contribution in [0.1, 0.15) is 24.9 Å². The van der Waals surface area contributed by atoms with Gasteiger partial charge in [0.2, 0.25) is 0 Å². The third-order valence-corrected chi connectivity index (χ3v) is 4.15. The quantitative estimate of drug-likeness (QED) is 0.847. The fourth-order valence-electron chi connectivity index (χ4n) is 1.84. The van der Waals surface area contributed by atoms with Gasteiger partial charge in [-0.2, -0.15) is 11.8 Å². The largest absolute Gasteiger partial charge is 0.310 e. The normalized spacial score (nSPS) is 22.9. The van der Waals surface area contributed by atoms with Crippen molar-refractivity contribution in [3.63, 3.8) is 0 Å². The van der Waals surface area contributed by atoms with Crippen molar-refractivity contribution in [1.29, 1.82) is 0 Å². The summed E-state index contributed by atoms with van der Waals surface area (Å²) in [5.74, 6) is 3.54. The van der Waals surface area contributed by atoms with E-state index in [4.69, 9.17) is 0 Å². The van der Waals surface area contributed by atoms with Crippen LogP contribution in [0.4, 0.5) is 0 Å². The van der Waals surface area contributed by atoms with Crippen molar-refractivity contribution in [2.75, 3.05) is 18.1 Å². The van der Waals surface area contributed by atoms with Gasteiger partial charge in [-0.15, -0.1) is 0 Å². The highest BCUT2D eigenvalue weighted by atomic mass is 32.2. The molecule has 0 amide bonds. The Balaban J connectivity index is 1.79. The maximum absolute atomic E-state index is 4.14. The molecule has 0 spiro atoms. The zero-order valence-corrected chi connectivity index (χ0v) is 9.96. The van der Waals surface area contributed by atoms with E-state index in [9.17, 15) is 0 Å². The maximum Gasteiger partial charge on any atom is 0.0315 e. The topological polar surface area (TPSA) is 24.9 Å². The summed E-state index contributed by atoms with van der Waals surface area (Å²) in [4.78, 5) is 4.14. The molecule has 0 aliphatic carbocycles. The van der Waals surface area contributed by atoms with E-state index in [1.54, 1.807) is 0 Å². The van der Waals surface area contributed by atoms with Gasteiger partial charge in [-0.3, -0.25) is 4.98 Å². The third-order valence-electron chi connectivity index (χ3n) is 2.92. The Morgan fingerprint density at radius 2 is 2.60 bits per heavy atom. The van der Waals surface area contributed by atoms with Gasteiger partial charge in [-0.05, 0) is 48.9 Å². The summed E-state index contributed by atoms with van der Waals surface area (Å²) in [6.45, 7) is 3.35. The second kappa shape index (κ2) is 5.52. The molecule has 3 heteroatoms. The van der Waals surface area contributed by atoms with E-state index in [2.05, 4.69) is 35.1 Å². The van der Waals surface area contributed by atoms with Crippen LogP contribution in [0.3, 0.4) is 0 Å². The average molecular weight is 222 g/mol. The monoisotopic (exact) mass is 222 g/mol. The SMILES string of the molecule is C[C@@H](NCC1CCSC1)c1cccnc1. The van der Waals surface area contributed by atoms with E-state index in [0.717, 1.165) is 12.5 Å². The number of nitrogens with zero attached hydrogens (tertiary/aromatic N) is 1. The molecular formula is C12H18N2S. The molecule has 1 aromatic rings. The van der Waals surface area contributed by atoms with Crippen LogP contribution in [-0.2, 0) is 0 Å². The number of pyridine rings is 1. The van der Waals surface area contributed by atoms with Crippen molar-refractivity contribution in [2.45, 2.75) is 19.4 Å². The van der Waals surface area contributed by atoms with Crippen LogP contribution >= 0.6 is 11.8 Å². The second-order valence-electron chi connectivity index (χ2n) is 4.15. The van der Waals surface area contributed by atoms with E-state index in [1.165, 1.54) is 23.5 Å². The van der Waals surface area contributed by atoms with Crippen molar-refractivity contribution < 1.29 is 0 Å². The summed E-state index contributed by atoms with van der Waals surface area (Å²) in [6, 6.07) is 4.55. The van der Waals surface area contributed by atoms with Gasteiger partial charge in [0.1, 0.15) is 0 Å². The smallest absolute Gasteiger partial charge is 0.0315 e. The summed E-state index contributed by atoms with van der Waals surface area (Å²) >= 11 is 2.08. The number of nitrogens with one attached hydrogen (secondary N) is 1. The van der Waals surface area contributed by atoms with E-state index in [1.807, 2.05) is 18.5 Å². The van der Waals surface area contributed by atoms with Gasteiger partial charge < -0.3 is 5.32 Å². The van der Waals surface area contributed by atoms with Gasteiger partial charge in [-0.25, -0.2) is 0 Å². The lowest BCUT2D eigenvalue weighted by atomic mass is 10.1. The lowest BCUT2D eigenvalue weighted by Gasteiger charge is -2.16. The highest BCUT2D eigenvalue weighted by Gasteiger charge is 2.16. The number of hydrogen-bond donors (Lipinski definition) is 1. The van der Waals surface area contributed by atoms with Crippen LogP contribution in [0.25, 0.3) is 0 Å². The second-order valence-corrected chi connectivity index (χ2v) is 5.30. The van der Waals surface area contributed by atoms with Crippen LogP contribution in [0, 0.1) is 5.92 Å². The van der Waals surface area contributed by atoms with Crippen molar-refractivity contribution in [3.8, 4) is 0 Å². The molecule has 1 fully saturated rings. The first-order valence-electron chi connectivity index (χ1n) is 5.57. The lowest BCUT2D eigenvalue weighted by Crippen LogP contribution is -2.25. The molecule has 2 heterocycles. The average Bonchev–Trinajstić information content (AvgIpc) is 2.80. The fraction of sp³-hybridized carbons (Fsp3) is 0.583. The number of rotatable bonds is 4. The van der Waals surface area contributed by atoms with Gasteiger partial charge >= 0.3 is 0 Å². The van der Waals surface area contributed by atoms with Crippen molar-refractivity contribution >= 4 is 11.8 Å². The number of aromatic nitrogens is 1. The first-order chi connectivity index (χ1) is 7.36. The Labute approximate surface area is 95.9 Å². The van der Waals surface area contributed by atoms with Crippen molar-refractivity contribution in [3.05, 3.63) is 30.1 Å². The molecule has 0 saturated carbocycles. The molecule has 0 aromatic carbocycles. The number of hydrogen-bond acceptors (Lipinski definition) is 3. The van der Waals surface area contributed by atoms with E-state index >= 15 is 0 Å². The van der Waals surface area contributed by atoms with Crippen LogP contribution in [-0.4, -0.2) is 23.0 Å². The van der Waals surface area contributed by atoms with Crippen molar-refractivity contribution in [1.82, 2.24) is 10.3 Å². The van der Waals surface area contributed by atoms with Gasteiger partial charge in [0.15, 0.2) is 0 Å². The standard InChI is InChI=1S/C12H18N2S/c1-10(12-3-2-5-13-8-12)14-7-11-4-6-15-9-11/h2-3,5,8,10-11,14H,4,6-7,9H2,1H3/t10-,11?/m1/s1. The summed E-state index contributed by atoms with van der Waals surface area (Å²) in [7, 11) is 0. The maximum atomic E-state index is 4.14. The van der Waals surface area contributed by atoms with Gasteiger partial charge in [0.25, 0.3) is 0 Å². The highest BCUT2D eigenvalue weighted by molar-refractivity contribution is 7.99. The van der Waals surface area contributed by atoms with Crippen LogP contribution in [0.5, 0.6) is 0 Å². The zero-order chi connectivity index (χ0) is 10.5. The summed E-state index contributed by atoms with van der Waals surface area (Å²) < 4.78 is 0. The first-order valence-corrected chi connectivity index (χ1v) is 6.73. The predicted octanol–water partition coefficient (Wildman–Crippen LogP) is 2.49. The zero-order valence-electron chi connectivity index (χ0n) is 9.15. The minimum atomic E-state index is 0.421. The lowest BCUT2D eigenvalue weighted by molar-refractivity contribution is 0.477. The Morgan fingerprint density at radius 3 is 3.27 bits per heavy atom. The summed E-state index contributed by atoms with van der Waals surface area (Å²) in [5.41, 5.74) is 1.28. The molecule has 1 aliphatic heterocycles. The molecule has 82 valence electrons. The fourth-order valence-corrected chi connectivity index (χ4v) is 3.12. The molecule has 2 rings (SSSR count). The predicted molar refractivity (Wildman–Crippen MR) is 66.1 cm³/mol. The molecule has 0 radical (unpaired) electrons. The minimum absolute atomic E-state index is 0.421. The molecule has 1 aromatic heterocycles. The molecule has 1 unspecified atom stereocenters. The molecular weight excluding hydrogens is 204 g/mol. The molecule has 15 heavy (non-hydrogen) atoms. The first kappa shape index (κ1) is 11.0. The highest BCUT2D eigenvalue weighted by Crippen LogP contribution is 2.23. The Morgan fingerprint density at radius 1 is 1.67 bits per heavy atom. The van der Waals surface area contributed by atoms with Crippen LogP contribution < -0.4 is 5.32 Å². The third kappa shape index (κ3) is 3.21. The van der Waals surface area contributed by atoms with Gasteiger partial charge in [-0.1, -0.05) is 6.07 Å². The molecule has 2 nitrogen and oxygen atoms in total. The van der Waals surface area contributed by atoms with Crippen LogP contribution in [0.15, 0.2) is 24.5 Å². The molecule has 1 aliphatic rings. The minimum Gasteiger partial charge on any atom is -0.310 e. The molecule has 1 saturated heterocycles. The van der Waals surface area contributed by atoms with E-state index in [-0.39, 0.29) is 0 Å². The van der Waals surface area contributed by atoms with Crippen molar-refractivity contribution in [2.24, 2.45) is 5.92 Å². The Bertz CT molecular complexity index is 283. The van der Waals surface area contributed by atoms with Crippen LogP contribution in [0.2, 0.25) is 0 Å². The molecule has 0 bridgehead atoms. The number of thioether (sulfide) groups is 1. The van der Waals surface area contributed by atoms with Gasteiger partial charge in [0.05, 0.1) is 0 Å². The molecule has 1 N–H and O–H groups in total. The Kier molecular flexibility index (Phi) is 4.03.